The molecule has 2 aliphatic rings. The number of pyridine rings is 1. The fourth-order valence-electron chi connectivity index (χ4n) is 4.52. The van der Waals surface area contributed by atoms with Gasteiger partial charge in [-0.1, -0.05) is 18.2 Å². The Bertz CT molecular complexity index is 1290. The molecule has 7 heteroatoms. The Labute approximate surface area is 197 Å². The molecule has 0 aliphatic carbocycles. The number of fused-ring (bicyclic) bond motifs is 1. The minimum Gasteiger partial charge on any atom is -0.507 e. The fourth-order valence-corrected chi connectivity index (χ4v) is 4.52. The molecule has 1 N–H and O–H groups in total. The summed E-state index contributed by atoms with van der Waals surface area (Å²) in [7, 11) is 1.57. The van der Waals surface area contributed by atoms with Crippen molar-refractivity contribution < 1.29 is 24.2 Å². The highest BCUT2D eigenvalue weighted by molar-refractivity contribution is 6.46. The van der Waals surface area contributed by atoms with Crippen LogP contribution in [0.3, 0.4) is 0 Å². The topological polar surface area (TPSA) is 89.0 Å². The number of methoxy groups -OCH3 is 1. The number of likely N-dealkylation sites (tertiary alicyclic amines) is 1. The molecule has 7 nitrogen and oxygen atoms in total. The molecule has 0 spiro atoms. The normalized spacial score (nSPS) is 19.0. The number of nitrogens with zero attached hydrogens (tertiary/aromatic N) is 2. The standard InChI is InChI=1S/C27H24N2O5/c1-33-20-8-4-6-17(14-20)16-29-24(21-9-2-3-12-28-21)23(26(31)27(29)32)25(30)19-10-11-22-18(15-19)7-5-13-34-22/h2-4,6,8-12,14-15,24,30H,5,7,13,16H2,1H3/b25-23-. The van der Waals surface area contributed by atoms with Crippen molar-refractivity contribution in [3.63, 3.8) is 0 Å². The van der Waals surface area contributed by atoms with Crippen LogP contribution in [0.25, 0.3) is 5.76 Å². The molecule has 0 bridgehead atoms. The van der Waals surface area contributed by atoms with Gasteiger partial charge < -0.3 is 19.5 Å². The average Bonchev–Trinajstić information content (AvgIpc) is 3.13. The summed E-state index contributed by atoms with van der Waals surface area (Å²) < 4.78 is 11.0. The Morgan fingerprint density at radius 3 is 2.82 bits per heavy atom. The van der Waals surface area contributed by atoms with E-state index in [0.717, 1.165) is 29.7 Å². The third-order valence-corrected chi connectivity index (χ3v) is 6.18. The van der Waals surface area contributed by atoms with Crippen molar-refractivity contribution in [2.45, 2.75) is 25.4 Å². The first kappa shape index (κ1) is 21.7. The zero-order valence-electron chi connectivity index (χ0n) is 18.7. The van der Waals surface area contributed by atoms with Gasteiger partial charge >= 0.3 is 0 Å². The predicted molar refractivity (Wildman–Crippen MR) is 125 cm³/mol. The third-order valence-electron chi connectivity index (χ3n) is 6.18. The molecular formula is C27H24N2O5. The smallest absolute Gasteiger partial charge is 0.296 e. The number of rotatable bonds is 5. The van der Waals surface area contributed by atoms with E-state index in [1.807, 2.05) is 30.3 Å². The van der Waals surface area contributed by atoms with E-state index in [9.17, 15) is 14.7 Å². The molecule has 2 aliphatic heterocycles. The number of aromatic nitrogens is 1. The van der Waals surface area contributed by atoms with Gasteiger partial charge in [-0.3, -0.25) is 14.6 Å². The number of aliphatic hydroxyl groups is 1. The molecule has 1 saturated heterocycles. The molecule has 1 aromatic heterocycles. The number of aliphatic hydroxyl groups excluding tert-OH is 1. The van der Waals surface area contributed by atoms with Gasteiger partial charge in [0.25, 0.3) is 11.7 Å². The molecule has 0 saturated carbocycles. The van der Waals surface area contributed by atoms with E-state index in [2.05, 4.69) is 4.98 Å². The Morgan fingerprint density at radius 1 is 1.15 bits per heavy atom. The van der Waals surface area contributed by atoms with Gasteiger partial charge in [-0.15, -0.1) is 0 Å². The second kappa shape index (κ2) is 9.02. The lowest BCUT2D eigenvalue weighted by Gasteiger charge is -2.25. The van der Waals surface area contributed by atoms with Crippen LogP contribution in [0, 0.1) is 0 Å². The van der Waals surface area contributed by atoms with Crippen LogP contribution in [-0.2, 0) is 22.6 Å². The number of carbonyl (C=O) groups is 2. The summed E-state index contributed by atoms with van der Waals surface area (Å²) in [4.78, 5) is 32.3. The number of ketones is 1. The maximum absolute atomic E-state index is 13.2. The van der Waals surface area contributed by atoms with Crippen LogP contribution in [0.2, 0.25) is 0 Å². The quantitative estimate of drug-likeness (QED) is 0.354. The van der Waals surface area contributed by atoms with Crippen molar-refractivity contribution in [1.82, 2.24) is 9.88 Å². The van der Waals surface area contributed by atoms with Crippen molar-refractivity contribution in [3.05, 3.63) is 94.8 Å². The van der Waals surface area contributed by atoms with E-state index < -0.39 is 17.7 Å². The van der Waals surface area contributed by atoms with E-state index in [-0.39, 0.29) is 17.9 Å². The van der Waals surface area contributed by atoms with Gasteiger partial charge in [0.2, 0.25) is 0 Å². The molecule has 1 amide bonds. The second-order valence-electron chi connectivity index (χ2n) is 8.31. The minimum atomic E-state index is -0.820. The maximum atomic E-state index is 13.2. The summed E-state index contributed by atoms with van der Waals surface area (Å²) in [5.41, 5.74) is 2.78. The molecule has 172 valence electrons. The molecule has 1 unspecified atom stereocenters. The first-order chi connectivity index (χ1) is 16.6. The molecule has 2 aromatic carbocycles. The van der Waals surface area contributed by atoms with Gasteiger partial charge in [-0.25, -0.2) is 0 Å². The van der Waals surface area contributed by atoms with E-state index in [0.29, 0.717) is 23.6 Å². The number of carbonyl (C=O) groups excluding carboxylic acids is 2. The average molecular weight is 456 g/mol. The van der Waals surface area contributed by atoms with Gasteiger partial charge in [-0.05, 0) is 66.4 Å². The van der Waals surface area contributed by atoms with Crippen molar-refractivity contribution in [3.8, 4) is 11.5 Å². The van der Waals surface area contributed by atoms with Crippen LogP contribution in [0.5, 0.6) is 11.5 Å². The molecule has 5 rings (SSSR count). The van der Waals surface area contributed by atoms with Crippen LogP contribution in [0.1, 0.15) is 34.8 Å². The third kappa shape index (κ3) is 3.90. The summed E-state index contributed by atoms with van der Waals surface area (Å²) >= 11 is 0. The summed E-state index contributed by atoms with van der Waals surface area (Å²) in [5.74, 6) is -0.191. The molecule has 34 heavy (non-hydrogen) atoms. The number of hydrogen-bond acceptors (Lipinski definition) is 6. The number of hydrogen-bond donors (Lipinski definition) is 1. The highest BCUT2D eigenvalue weighted by Gasteiger charge is 2.46. The summed E-state index contributed by atoms with van der Waals surface area (Å²) in [6, 6.07) is 17.2. The summed E-state index contributed by atoms with van der Waals surface area (Å²) in [6.07, 6.45) is 3.32. The number of benzene rings is 2. The molecular weight excluding hydrogens is 432 g/mol. The second-order valence-corrected chi connectivity index (χ2v) is 8.31. The molecule has 1 atom stereocenters. The highest BCUT2D eigenvalue weighted by atomic mass is 16.5. The van der Waals surface area contributed by atoms with Gasteiger partial charge in [0.1, 0.15) is 23.3 Å². The van der Waals surface area contributed by atoms with Crippen molar-refractivity contribution in [2.24, 2.45) is 0 Å². The van der Waals surface area contributed by atoms with Crippen molar-refractivity contribution >= 4 is 17.4 Å². The van der Waals surface area contributed by atoms with E-state index in [1.165, 1.54) is 4.90 Å². The lowest BCUT2D eigenvalue weighted by atomic mass is 9.96. The van der Waals surface area contributed by atoms with Crippen molar-refractivity contribution in [1.29, 1.82) is 0 Å². The lowest BCUT2D eigenvalue weighted by Crippen LogP contribution is -2.29. The largest absolute Gasteiger partial charge is 0.507 e. The van der Waals surface area contributed by atoms with Crippen LogP contribution < -0.4 is 9.47 Å². The van der Waals surface area contributed by atoms with Gasteiger partial charge in [-0.2, -0.15) is 0 Å². The van der Waals surface area contributed by atoms with E-state index in [1.54, 1.807) is 43.6 Å². The minimum absolute atomic E-state index is 0.0308. The monoisotopic (exact) mass is 456 g/mol. The number of ether oxygens (including phenoxy) is 2. The van der Waals surface area contributed by atoms with Crippen molar-refractivity contribution in [2.75, 3.05) is 13.7 Å². The van der Waals surface area contributed by atoms with Gasteiger partial charge in [0.05, 0.1) is 25.0 Å². The first-order valence-corrected chi connectivity index (χ1v) is 11.1. The van der Waals surface area contributed by atoms with E-state index in [4.69, 9.17) is 9.47 Å². The maximum Gasteiger partial charge on any atom is 0.296 e. The number of amides is 1. The Kier molecular flexibility index (Phi) is 5.76. The molecule has 0 radical (unpaired) electrons. The lowest BCUT2D eigenvalue weighted by molar-refractivity contribution is -0.140. The van der Waals surface area contributed by atoms with Gasteiger partial charge in [0, 0.05) is 18.3 Å². The Morgan fingerprint density at radius 2 is 2.03 bits per heavy atom. The molecule has 1 fully saturated rings. The van der Waals surface area contributed by atoms with Crippen LogP contribution in [0.4, 0.5) is 0 Å². The zero-order chi connectivity index (χ0) is 23.7. The molecule has 3 aromatic rings. The summed E-state index contributed by atoms with van der Waals surface area (Å²) in [6.45, 7) is 0.825. The Hall–Kier alpha value is -4.13. The fraction of sp³-hybridized carbons (Fsp3) is 0.222. The van der Waals surface area contributed by atoms with E-state index >= 15 is 0 Å². The van der Waals surface area contributed by atoms with Crippen LogP contribution >= 0.6 is 0 Å². The SMILES string of the molecule is COc1cccc(CN2C(=O)C(=O)/C(=C(\O)c3ccc4c(c3)CCCO4)C2c2ccccn2)c1. The number of aryl methyl sites for hydroxylation is 1. The number of Topliss-reactive ketones (excluding diaryl/α,β-unsaturated/α-hetero) is 1. The van der Waals surface area contributed by atoms with Gasteiger partial charge in [0.15, 0.2) is 0 Å². The Balaban J connectivity index is 1.60. The first-order valence-electron chi connectivity index (χ1n) is 11.1. The highest BCUT2D eigenvalue weighted by Crippen LogP contribution is 2.40. The zero-order valence-corrected chi connectivity index (χ0v) is 18.7. The predicted octanol–water partition coefficient (Wildman–Crippen LogP) is 4.04. The summed E-state index contributed by atoms with van der Waals surface area (Å²) in [5, 5.41) is 11.3. The van der Waals surface area contributed by atoms with Crippen LogP contribution in [-0.4, -0.2) is 40.4 Å². The van der Waals surface area contributed by atoms with Crippen LogP contribution in [0.15, 0.2) is 72.4 Å². The molecule has 3 heterocycles.